The van der Waals surface area contributed by atoms with Gasteiger partial charge in [-0.05, 0) is 12.8 Å². The number of aromatic nitrogens is 4. The fourth-order valence-electron chi connectivity index (χ4n) is 2.25. The molecule has 2 amide bonds. The van der Waals surface area contributed by atoms with Gasteiger partial charge in [0.2, 0.25) is 0 Å². The molecule has 0 aliphatic rings. The van der Waals surface area contributed by atoms with E-state index in [-0.39, 0.29) is 17.3 Å². The van der Waals surface area contributed by atoms with E-state index in [4.69, 9.17) is 0 Å². The van der Waals surface area contributed by atoms with E-state index in [9.17, 15) is 22.8 Å². The maximum atomic E-state index is 12.9. The lowest BCUT2D eigenvalue weighted by Crippen LogP contribution is -2.28. The van der Waals surface area contributed by atoms with Gasteiger partial charge >= 0.3 is 6.18 Å². The number of amides is 2. The van der Waals surface area contributed by atoms with Crippen molar-refractivity contribution >= 4 is 17.5 Å². The van der Waals surface area contributed by atoms with Crippen molar-refractivity contribution in [1.82, 2.24) is 24.9 Å². The van der Waals surface area contributed by atoms with Gasteiger partial charge in [0.15, 0.2) is 11.4 Å². The van der Waals surface area contributed by atoms with E-state index in [1.807, 2.05) is 13.8 Å². The summed E-state index contributed by atoms with van der Waals surface area (Å²) in [5, 5.41) is 12.8. The molecule has 0 aliphatic heterocycles. The van der Waals surface area contributed by atoms with Gasteiger partial charge in [-0.1, -0.05) is 13.8 Å². The van der Waals surface area contributed by atoms with Crippen molar-refractivity contribution < 1.29 is 22.8 Å². The molecule has 0 aliphatic carbocycles. The van der Waals surface area contributed by atoms with Gasteiger partial charge in [0, 0.05) is 32.4 Å². The summed E-state index contributed by atoms with van der Waals surface area (Å²) in [5.41, 5.74) is -1.38. The van der Waals surface area contributed by atoms with Gasteiger partial charge in [0.1, 0.15) is 5.69 Å². The molecule has 2 rings (SSSR count). The molecule has 0 bridgehead atoms. The molecular formula is C16H21F3N6O2. The van der Waals surface area contributed by atoms with Crippen molar-refractivity contribution in [2.75, 3.05) is 11.9 Å². The third-order valence-electron chi connectivity index (χ3n) is 3.62. The number of anilines is 1. The normalized spacial score (nSPS) is 11.7. The zero-order chi connectivity index (χ0) is 20.4. The van der Waals surface area contributed by atoms with Gasteiger partial charge in [-0.2, -0.15) is 23.4 Å². The average Bonchev–Trinajstić information content (AvgIpc) is 3.15. The van der Waals surface area contributed by atoms with Crippen LogP contribution in [0.25, 0.3) is 0 Å². The maximum Gasteiger partial charge on any atom is 0.433 e. The molecule has 0 aromatic carbocycles. The molecule has 2 aromatic heterocycles. The first-order valence-corrected chi connectivity index (χ1v) is 8.31. The van der Waals surface area contributed by atoms with Crippen molar-refractivity contribution in [3.63, 3.8) is 0 Å². The molecule has 0 atom stereocenters. The molecular weight excluding hydrogens is 365 g/mol. The average molecular weight is 386 g/mol. The number of rotatable bonds is 6. The Labute approximate surface area is 153 Å². The summed E-state index contributed by atoms with van der Waals surface area (Å²) in [5.74, 6) is -1.13. The first kappa shape index (κ1) is 20.5. The van der Waals surface area contributed by atoms with Crippen LogP contribution in [0.3, 0.4) is 0 Å². The van der Waals surface area contributed by atoms with Gasteiger partial charge < -0.3 is 10.6 Å². The molecule has 0 spiro atoms. The molecule has 2 N–H and O–H groups in total. The number of alkyl halides is 3. The minimum atomic E-state index is -4.63. The Morgan fingerprint density at radius 1 is 1.22 bits per heavy atom. The number of nitrogens with zero attached hydrogens (tertiary/aromatic N) is 4. The van der Waals surface area contributed by atoms with Gasteiger partial charge in [-0.15, -0.1) is 0 Å². The first-order valence-electron chi connectivity index (χ1n) is 8.31. The number of hydrogen-bond acceptors (Lipinski definition) is 4. The summed E-state index contributed by atoms with van der Waals surface area (Å²) in [6.45, 7) is 6.51. The summed E-state index contributed by atoms with van der Waals surface area (Å²) in [6.07, 6.45) is -3.19. The second-order valence-electron chi connectivity index (χ2n) is 6.34. The van der Waals surface area contributed by atoms with Crippen LogP contribution in [-0.2, 0) is 19.8 Å². The van der Waals surface area contributed by atoms with Gasteiger partial charge in [-0.3, -0.25) is 19.0 Å². The van der Waals surface area contributed by atoms with Crippen molar-refractivity contribution in [3.8, 4) is 0 Å². The molecule has 11 heteroatoms. The largest absolute Gasteiger partial charge is 0.433 e. The molecule has 8 nitrogen and oxygen atoms in total. The second kappa shape index (κ2) is 7.80. The molecule has 27 heavy (non-hydrogen) atoms. The Morgan fingerprint density at radius 2 is 1.89 bits per heavy atom. The zero-order valence-electron chi connectivity index (χ0n) is 15.4. The van der Waals surface area contributed by atoms with Crippen LogP contribution in [0.4, 0.5) is 18.9 Å². The predicted molar refractivity (Wildman–Crippen MR) is 91.2 cm³/mol. The monoisotopic (exact) mass is 386 g/mol. The van der Waals surface area contributed by atoms with Crippen LogP contribution in [0.1, 0.15) is 47.4 Å². The van der Waals surface area contributed by atoms with Crippen molar-refractivity contribution in [1.29, 1.82) is 0 Å². The lowest BCUT2D eigenvalue weighted by molar-refractivity contribution is -0.143. The summed E-state index contributed by atoms with van der Waals surface area (Å²) < 4.78 is 40.6. The van der Waals surface area contributed by atoms with Crippen molar-refractivity contribution in [2.24, 2.45) is 13.0 Å². The number of aryl methyl sites for hydroxylation is 2. The van der Waals surface area contributed by atoms with Gasteiger partial charge in [0.05, 0.1) is 5.69 Å². The minimum Gasteiger partial charge on any atom is -0.350 e. The first-order chi connectivity index (χ1) is 12.5. The Balaban J connectivity index is 2.25. The summed E-state index contributed by atoms with van der Waals surface area (Å²) in [7, 11) is 1.10. The summed E-state index contributed by atoms with van der Waals surface area (Å²) in [6, 6.07) is 0.651. The number of carbonyl (C=O) groups is 2. The van der Waals surface area contributed by atoms with Crippen LogP contribution in [0.2, 0.25) is 0 Å². The van der Waals surface area contributed by atoms with Gasteiger partial charge in [-0.25, -0.2) is 0 Å². The number of halogens is 3. The number of nitrogens with one attached hydrogen (secondary N) is 2. The fraction of sp³-hybridized carbons (Fsp3) is 0.500. The third kappa shape index (κ3) is 4.86. The van der Waals surface area contributed by atoms with Crippen molar-refractivity contribution in [3.05, 3.63) is 29.3 Å². The highest BCUT2D eigenvalue weighted by atomic mass is 19.4. The standard InChI is InChI=1S/C16H21F3N6O2/c1-5-25-8-11(13(23-25)15(27)20-7-9(2)3)21-14(26)10-6-12(16(17,18)19)24(4)22-10/h6,8-9H,5,7H2,1-4H3,(H,20,27)(H,21,26). The number of carbonyl (C=O) groups excluding carboxylic acids is 2. The predicted octanol–water partition coefficient (Wildman–Crippen LogP) is 2.29. The highest BCUT2D eigenvalue weighted by Gasteiger charge is 2.36. The quantitative estimate of drug-likeness (QED) is 0.797. The van der Waals surface area contributed by atoms with E-state index in [0.717, 1.165) is 7.05 Å². The molecule has 148 valence electrons. The van der Waals surface area contributed by atoms with E-state index in [2.05, 4.69) is 20.8 Å². The summed E-state index contributed by atoms with van der Waals surface area (Å²) >= 11 is 0. The van der Waals surface area contributed by atoms with Crippen LogP contribution >= 0.6 is 0 Å². The Kier molecular flexibility index (Phi) is 5.91. The van der Waals surface area contributed by atoms with Crippen LogP contribution in [0.5, 0.6) is 0 Å². The smallest absolute Gasteiger partial charge is 0.350 e. The topological polar surface area (TPSA) is 93.8 Å². The molecule has 0 radical (unpaired) electrons. The van der Waals surface area contributed by atoms with Crippen LogP contribution < -0.4 is 10.6 Å². The van der Waals surface area contributed by atoms with Gasteiger partial charge in [0.25, 0.3) is 11.8 Å². The lowest BCUT2D eigenvalue weighted by Gasteiger charge is -2.07. The van der Waals surface area contributed by atoms with E-state index in [1.54, 1.807) is 6.92 Å². The van der Waals surface area contributed by atoms with Crippen LogP contribution in [-0.4, -0.2) is 37.9 Å². The van der Waals surface area contributed by atoms with E-state index in [1.165, 1.54) is 10.9 Å². The van der Waals surface area contributed by atoms with Crippen LogP contribution in [0, 0.1) is 5.92 Å². The van der Waals surface area contributed by atoms with E-state index in [0.29, 0.717) is 23.8 Å². The number of hydrogen-bond donors (Lipinski definition) is 2. The zero-order valence-corrected chi connectivity index (χ0v) is 15.4. The van der Waals surface area contributed by atoms with E-state index >= 15 is 0 Å². The fourth-order valence-corrected chi connectivity index (χ4v) is 2.25. The summed E-state index contributed by atoms with van der Waals surface area (Å²) in [4.78, 5) is 24.6. The molecule has 0 unspecified atom stereocenters. The Hall–Kier alpha value is -2.85. The Bertz CT molecular complexity index is 838. The molecule has 0 fully saturated rings. The highest BCUT2D eigenvalue weighted by molar-refractivity contribution is 6.07. The van der Waals surface area contributed by atoms with E-state index < -0.39 is 29.4 Å². The second-order valence-corrected chi connectivity index (χ2v) is 6.34. The highest BCUT2D eigenvalue weighted by Crippen LogP contribution is 2.29. The SMILES string of the molecule is CCn1cc(NC(=O)c2cc(C(F)(F)F)n(C)n2)c(C(=O)NCC(C)C)n1. The molecule has 0 saturated carbocycles. The third-order valence-corrected chi connectivity index (χ3v) is 3.62. The van der Waals surface area contributed by atoms with Crippen molar-refractivity contribution in [2.45, 2.75) is 33.5 Å². The maximum absolute atomic E-state index is 12.9. The van der Waals surface area contributed by atoms with Crippen LogP contribution in [0.15, 0.2) is 12.3 Å². The lowest BCUT2D eigenvalue weighted by atomic mass is 10.2. The minimum absolute atomic E-state index is 0.0159. The molecule has 2 heterocycles. The molecule has 2 aromatic rings. The molecule has 0 saturated heterocycles. The Morgan fingerprint density at radius 3 is 2.41 bits per heavy atom.